The van der Waals surface area contributed by atoms with Crippen LogP contribution in [-0.4, -0.2) is 48.2 Å². The number of ether oxygens (including phenoxy) is 1. The van der Waals surface area contributed by atoms with Crippen molar-refractivity contribution in [1.82, 2.24) is 9.80 Å². The van der Waals surface area contributed by atoms with E-state index in [0.29, 0.717) is 6.54 Å². The first-order chi connectivity index (χ1) is 14.1. The van der Waals surface area contributed by atoms with Gasteiger partial charge in [0.1, 0.15) is 11.1 Å². The third-order valence-corrected chi connectivity index (χ3v) is 6.70. The summed E-state index contributed by atoms with van der Waals surface area (Å²) in [5.74, 6) is 1.95. The normalized spacial score (nSPS) is 16.4. The highest BCUT2D eigenvalue weighted by atomic mass is 35.5. The van der Waals surface area contributed by atoms with Crippen LogP contribution < -0.4 is 4.74 Å². The molecule has 2 aromatic carbocycles. The van der Waals surface area contributed by atoms with E-state index in [9.17, 15) is 4.79 Å². The third kappa shape index (κ3) is 5.91. The molecule has 1 aliphatic heterocycles. The molecule has 0 radical (unpaired) electrons. The first kappa shape index (κ1) is 22.0. The van der Waals surface area contributed by atoms with Gasteiger partial charge in [-0.2, -0.15) is 0 Å². The van der Waals surface area contributed by atoms with E-state index < -0.39 is 0 Å². The molecule has 1 heterocycles. The molecule has 6 heteroatoms. The number of carbonyl (C=O) groups excluding carboxylic acids is 1. The molecule has 1 amide bonds. The average molecular weight is 433 g/mol. The lowest BCUT2D eigenvalue weighted by molar-refractivity contribution is -0.132. The molecular formula is C23H29ClN2O2S. The van der Waals surface area contributed by atoms with Crippen LogP contribution >= 0.6 is 23.4 Å². The summed E-state index contributed by atoms with van der Waals surface area (Å²) in [7, 11) is 1.68. The van der Waals surface area contributed by atoms with Crippen molar-refractivity contribution < 1.29 is 9.53 Å². The number of amides is 1. The molecule has 1 aliphatic rings. The molecule has 0 aromatic heterocycles. The molecule has 0 N–H and O–H groups in total. The molecule has 4 nitrogen and oxygen atoms in total. The molecular weight excluding hydrogens is 404 g/mol. The maximum Gasteiger partial charge on any atom is 0.237 e. The Hall–Kier alpha value is -1.69. The van der Waals surface area contributed by atoms with Crippen LogP contribution in [0.5, 0.6) is 5.75 Å². The van der Waals surface area contributed by atoms with Gasteiger partial charge in [-0.3, -0.25) is 9.69 Å². The van der Waals surface area contributed by atoms with Crippen LogP contribution in [0, 0.1) is 0 Å². The second kappa shape index (κ2) is 10.9. The Bertz CT molecular complexity index is 817. The summed E-state index contributed by atoms with van der Waals surface area (Å²) in [5, 5.41) is 0.727. The highest BCUT2D eigenvalue weighted by Gasteiger charge is 2.32. The Morgan fingerprint density at radius 3 is 2.86 bits per heavy atom. The van der Waals surface area contributed by atoms with Crippen molar-refractivity contribution in [3.63, 3.8) is 0 Å². The predicted molar refractivity (Wildman–Crippen MR) is 122 cm³/mol. The van der Waals surface area contributed by atoms with E-state index in [0.717, 1.165) is 60.1 Å². The van der Waals surface area contributed by atoms with Crippen LogP contribution in [0.25, 0.3) is 0 Å². The van der Waals surface area contributed by atoms with E-state index in [-0.39, 0.29) is 11.3 Å². The van der Waals surface area contributed by atoms with E-state index in [4.69, 9.17) is 16.3 Å². The van der Waals surface area contributed by atoms with Gasteiger partial charge in [0.25, 0.3) is 0 Å². The lowest BCUT2D eigenvalue weighted by Crippen LogP contribution is -2.40. The summed E-state index contributed by atoms with van der Waals surface area (Å²) in [6.45, 7) is 4.99. The van der Waals surface area contributed by atoms with E-state index in [1.807, 2.05) is 47.4 Å². The SMILES string of the molecule is CCCCN(CC(=O)N1CCS[C@@H]1c1ccccc1Cl)Cc1cccc(OC)c1. The topological polar surface area (TPSA) is 32.8 Å². The van der Waals surface area contributed by atoms with Crippen molar-refractivity contribution in [3.05, 3.63) is 64.7 Å². The number of rotatable bonds is 9. The van der Waals surface area contributed by atoms with E-state index >= 15 is 0 Å². The van der Waals surface area contributed by atoms with E-state index in [1.54, 1.807) is 18.9 Å². The van der Waals surface area contributed by atoms with Crippen LogP contribution in [0.1, 0.15) is 36.3 Å². The maximum atomic E-state index is 13.2. The number of nitrogens with zero attached hydrogens (tertiary/aromatic N) is 2. The highest BCUT2D eigenvalue weighted by Crippen LogP contribution is 2.40. The molecule has 156 valence electrons. The molecule has 1 fully saturated rings. The second-order valence-corrected chi connectivity index (χ2v) is 8.84. The number of hydrogen-bond acceptors (Lipinski definition) is 4. The monoisotopic (exact) mass is 432 g/mol. The number of hydrogen-bond donors (Lipinski definition) is 0. The van der Waals surface area contributed by atoms with Gasteiger partial charge in [0, 0.05) is 29.4 Å². The maximum absolute atomic E-state index is 13.2. The Balaban J connectivity index is 1.70. The van der Waals surface area contributed by atoms with Gasteiger partial charge in [0.2, 0.25) is 5.91 Å². The summed E-state index contributed by atoms with van der Waals surface area (Å²) >= 11 is 8.20. The number of thioether (sulfide) groups is 1. The molecule has 0 bridgehead atoms. The quantitative estimate of drug-likeness (QED) is 0.543. The van der Waals surface area contributed by atoms with Gasteiger partial charge in [-0.25, -0.2) is 0 Å². The largest absolute Gasteiger partial charge is 0.497 e. The Morgan fingerprint density at radius 2 is 2.10 bits per heavy atom. The van der Waals surface area contributed by atoms with Gasteiger partial charge in [-0.1, -0.05) is 55.3 Å². The summed E-state index contributed by atoms with van der Waals surface area (Å²) in [4.78, 5) is 17.5. The van der Waals surface area contributed by atoms with Gasteiger partial charge >= 0.3 is 0 Å². The van der Waals surface area contributed by atoms with Crippen molar-refractivity contribution in [2.45, 2.75) is 31.7 Å². The van der Waals surface area contributed by atoms with E-state index in [1.165, 1.54) is 0 Å². The third-order valence-electron chi connectivity index (χ3n) is 5.11. The standard InChI is InChI=1S/C23H29ClN2O2S/c1-3-4-12-25(16-18-8-7-9-19(15-18)28-2)17-22(27)26-13-14-29-23(26)20-10-5-6-11-21(20)24/h5-11,15,23H,3-4,12-14,16-17H2,1-2H3/t23-/m1/s1. The minimum Gasteiger partial charge on any atom is -0.497 e. The molecule has 0 unspecified atom stereocenters. The first-order valence-electron chi connectivity index (χ1n) is 10.1. The van der Waals surface area contributed by atoms with Crippen LogP contribution in [0.4, 0.5) is 0 Å². The molecule has 0 aliphatic carbocycles. The lowest BCUT2D eigenvalue weighted by atomic mass is 10.1. The molecule has 1 saturated heterocycles. The van der Waals surface area contributed by atoms with Gasteiger partial charge in [0.15, 0.2) is 0 Å². The van der Waals surface area contributed by atoms with Crippen molar-refractivity contribution in [2.75, 3.05) is 32.5 Å². The van der Waals surface area contributed by atoms with Gasteiger partial charge in [-0.15, -0.1) is 11.8 Å². The zero-order chi connectivity index (χ0) is 20.6. The van der Waals surface area contributed by atoms with Crippen molar-refractivity contribution in [1.29, 1.82) is 0 Å². The average Bonchev–Trinajstić information content (AvgIpc) is 3.22. The second-order valence-electron chi connectivity index (χ2n) is 7.25. The smallest absolute Gasteiger partial charge is 0.237 e. The first-order valence-corrected chi connectivity index (χ1v) is 11.6. The lowest BCUT2D eigenvalue weighted by Gasteiger charge is -2.29. The number of benzene rings is 2. The Labute approximate surface area is 183 Å². The Morgan fingerprint density at radius 1 is 1.28 bits per heavy atom. The van der Waals surface area contributed by atoms with Crippen LogP contribution in [0.2, 0.25) is 5.02 Å². The molecule has 2 aromatic rings. The van der Waals surface area contributed by atoms with Crippen molar-refractivity contribution in [3.8, 4) is 5.75 Å². The molecule has 1 atom stereocenters. The predicted octanol–water partition coefficient (Wildman–Crippen LogP) is 5.22. The summed E-state index contributed by atoms with van der Waals surface area (Å²) < 4.78 is 5.35. The minimum atomic E-state index is 0.000967. The zero-order valence-corrected chi connectivity index (χ0v) is 18.7. The van der Waals surface area contributed by atoms with Crippen molar-refractivity contribution >= 4 is 29.3 Å². The fraction of sp³-hybridized carbons (Fsp3) is 0.435. The van der Waals surface area contributed by atoms with Crippen LogP contribution in [-0.2, 0) is 11.3 Å². The van der Waals surface area contributed by atoms with Crippen LogP contribution in [0.3, 0.4) is 0 Å². The fourth-order valence-electron chi connectivity index (χ4n) is 3.57. The number of halogens is 1. The number of methoxy groups -OCH3 is 1. The van der Waals surface area contributed by atoms with Gasteiger partial charge in [-0.05, 0) is 36.7 Å². The Kier molecular flexibility index (Phi) is 8.28. The zero-order valence-electron chi connectivity index (χ0n) is 17.1. The minimum absolute atomic E-state index is 0.000967. The van der Waals surface area contributed by atoms with Gasteiger partial charge < -0.3 is 9.64 Å². The number of unbranched alkanes of at least 4 members (excludes halogenated alkanes) is 1. The summed E-state index contributed by atoms with van der Waals surface area (Å²) in [6, 6.07) is 15.9. The fourth-order valence-corrected chi connectivity index (χ4v) is 5.18. The molecule has 3 rings (SSSR count). The number of carbonyl (C=O) groups is 1. The highest BCUT2D eigenvalue weighted by molar-refractivity contribution is 7.99. The van der Waals surface area contributed by atoms with E-state index in [2.05, 4.69) is 17.9 Å². The summed E-state index contributed by atoms with van der Waals surface area (Å²) in [6.07, 6.45) is 2.17. The summed E-state index contributed by atoms with van der Waals surface area (Å²) in [5.41, 5.74) is 2.18. The van der Waals surface area contributed by atoms with Gasteiger partial charge in [0.05, 0.1) is 13.7 Å². The molecule has 0 spiro atoms. The van der Waals surface area contributed by atoms with Crippen LogP contribution in [0.15, 0.2) is 48.5 Å². The molecule has 0 saturated carbocycles. The van der Waals surface area contributed by atoms with Crippen molar-refractivity contribution in [2.24, 2.45) is 0 Å². The molecule has 29 heavy (non-hydrogen) atoms.